The summed E-state index contributed by atoms with van der Waals surface area (Å²) in [5.74, 6) is -0.301. The number of nitrogens with zero attached hydrogens (tertiary/aromatic N) is 1. The minimum absolute atomic E-state index is 0.0327. The minimum atomic E-state index is -0.979. The summed E-state index contributed by atoms with van der Waals surface area (Å²) < 4.78 is 15.1. The van der Waals surface area contributed by atoms with Crippen molar-refractivity contribution in [1.82, 2.24) is 5.32 Å². The molecule has 0 unspecified atom stereocenters. The third-order valence-electron chi connectivity index (χ3n) is 5.31. The molecule has 1 aliphatic rings. The number of ether oxygens (including phenoxy) is 3. The Labute approximate surface area is 163 Å². The molecule has 0 aromatic heterocycles. The van der Waals surface area contributed by atoms with Crippen molar-refractivity contribution >= 4 is 17.6 Å². The number of hydrogen-bond acceptors (Lipinski definition) is 7. The molecule has 0 aliphatic heterocycles. The monoisotopic (exact) mass is 394 g/mol. The van der Waals surface area contributed by atoms with Crippen molar-refractivity contribution in [1.29, 1.82) is 0 Å². The number of rotatable bonds is 7. The molecule has 1 aromatic carbocycles. The lowest BCUT2D eigenvalue weighted by atomic mass is 9.78. The fourth-order valence-corrected chi connectivity index (χ4v) is 3.43. The van der Waals surface area contributed by atoms with Crippen LogP contribution in [0.1, 0.15) is 43.5 Å². The van der Waals surface area contributed by atoms with E-state index in [1.165, 1.54) is 20.3 Å². The molecule has 9 nitrogen and oxygen atoms in total. The van der Waals surface area contributed by atoms with Crippen LogP contribution < -0.4 is 14.8 Å². The van der Waals surface area contributed by atoms with E-state index >= 15 is 0 Å². The van der Waals surface area contributed by atoms with E-state index < -0.39 is 29.1 Å². The lowest BCUT2D eigenvalue weighted by Gasteiger charge is -2.34. The van der Waals surface area contributed by atoms with Crippen LogP contribution in [0.5, 0.6) is 11.5 Å². The van der Waals surface area contributed by atoms with E-state index in [-0.39, 0.29) is 23.1 Å². The fourth-order valence-electron chi connectivity index (χ4n) is 3.43. The average Bonchev–Trinajstić information content (AvgIpc) is 2.68. The summed E-state index contributed by atoms with van der Waals surface area (Å²) in [6.07, 6.45) is 3.05. The topological polar surface area (TPSA) is 117 Å². The highest BCUT2D eigenvalue weighted by molar-refractivity contribution is 5.96. The zero-order chi connectivity index (χ0) is 20.8. The molecule has 9 heteroatoms. The van der Waals surface area contributed by atoms with Gasteiger partial charge in [0.05, 0.1) is 25.2 Å². The number of carbonyl (C=O) groups excluding carboxylic acids is 2. The molecular formula is C19H26N2O7. The smallest absolute Gasteiger partial charge is 0.345 e. The van der Waals surface area contributed by atoms with E-state index in [1.807, 2.05) is 0 Å². The molecule has 0 saturated heterocycles. The number of methoxy groups -OCH3 is 2. The van der Waals surface area contributed by atoms with Crippen LogP contribution in [0.15, 0.2) is 12.1 Å². The lowest BCUT2D eigenvalue weighted by Crippen LogP contribution is -2.45. The van der Waals surface area contributed by atoms with Gasteiger partial charge < -0.3 is 19.5 Å². The summed E-state index contributed by atoms with van der Waals surface area (Å²) in [5, 5.41) is 14.2. The Morgan fingerprint density at radius 1 is 1.18 bits per heavy atom. The van der Waals surface area contributed by atoms with E-state index in [2.05, 4.69) is 19.2 Å². The molecule has 1 N–H and O–H groups in total. The predicted molar refractivity (Wildman–Crippen MR) is 101 cm³/mol. The first-order valence-corrected chi connectivity index (χ1v) is 9.15. The molecule has 1 fully saturated rings. The van der Waals surface area contributed by atoms with Gasteiger partial charge in [0.25, 0.3) is 11.6 Å². The molecule has 28 heavy (non-hydrogen) atoms. The third kappa shape index (κ3) is 4.90. The Morgan fingerprint density at radius 3 is 2.43 bits per heavy atom. The summed E-state index contributed by atoms with van der Waals surface area (Å²) >= 11 is 0. The SMILES string of the molecule is COc1cc(C(=O)OCC(=O)N[C@@H]2CCC[C@H](C)[C@H]2C)c([N+](=O)[O-])cc1OC. The zero-order valence-electron chi connectivity index (χ0n) is 16.5. The van der Waals surface area contributed by atoms with Crippen molar-refractivity contribution < 1.29 is 28.7 Å². The largest absolute Gasteiger partial charge is 0.493 e. The number of hydrogen-bond donors (Lipinski definition) is 1. The van der Waals surface area contributed by atoms with Gasteiger partial charge in [-0.2, -0.15) is 0 Å². The van der Waals surface area contributed by atoms with Crippen molar-refractivity contribution in [2.24, 2.45) is 11.8 Å². The Morgan fingerprint density at radius 2 is 1.82 bits per heavy atom. The van der Waals surface area contributed by atoms with Crippen LogP contribution in [0.2, 0.25) is 0 Å². The van der Waals surface area contributed by atoms with Gasteiger partial charge in [0, 0.05) is 12.1 Å². The maximum Gasteiger partial charge on any atom is 0.345 e. The van der Waals surface area contributed by atoms with Crippen LogP contribution in [0.3, 0.4) is 0 Å². The van der Waals surface area contributed by atoms with Crippen LogP contribution in [0.4, 0.5) is 5.69 Å². The van der Waals surface area contributed by atoms with Crippen molar-refractivity contribution in [3.63, 3.8) is 0 Å². The summed E-state index contributed by atoms with van der Waals surface area (Å²) in [4.78, 5) is 35.1. The maximum absolute atomic E-state index is 12.3. The molecule has 0 radical (unpaired) electrons. The second-order valence-electron chi connectivity index (χ2n) is 7.00. The molecule has 2 rings (SSSR count). The van der Waals surface area contributed by atoms with Gasteiger partial charge in [-0.25, -0.2) is 4.79 Å². The van der Waals surface area contributed by atoms with Crippen molar-refractivity contribution in [3.05, 3.63) is 27.8 Å². The highest BCUT2D eigenvalue weighted by Gasteiger charge is 2.29. The summed E-state index contributed by atoms with van der Waals surface area (Å²) in [7, 11) is 2.68. The number of benzene rings is 1. The fraction of sp³-hybridized carbons (Fsp3) is 0.579. The van der Waals surface area contributed by atoms with Crippen LogP contribution in [0.25, 0.3) is 0 Å². The molecule has 3 atom stereocenters. The second kappa shape index (κ2) is 9.38. The Bertz CT molecular complexity index is 750. The minimum Gasteiger partial charge on any atom is -0.493 e. The number of nitro benzene ring substituents is 1. The van der Waals surface area contributed by atoms with E-state index in [1.54, 1.807) is 0 Å². The first kappa shape index (κ1) is 21.5. The predicted octanol–water partition coefficient (Wildman–Crippen LogP) is 2.71. The van der Waals surface area contributed by atoms with Crippen LogP contribution in [-0.2, 0) is 9.53 Å². The van der Waals surface area contributed by atoms with Crippen LogP contribution in [0, 0.1) is 22.0 Å². The highest BCUT2D eigenvalue weighted by atomic mass is 16.6. The quantitative estimate of drug-likeness (QED) is 0.429. The van der Waals surface area contributed by atoms with Gasteiger partial charge in [0.2, 0.25) is 0 Å². The van der Waals surface area contributed by atoms with Gasteiger partial charge in [0.1, 0.15) is 5.56 Å². The number of amides is 1. The van der Waals surface area contributed by atoms with Crippen molar-refractivity contribution in [2.45, 2.75) is 39.2 Å². The standard InChI is InChI=1S/C19H26N2O7/c1-11-6-5-7-14(12(11)2)20-18(22)10-28-19(23)13-8-16(26-3)17(27-4)9-15(13)21(24)25/h8-9,11-12,14H,5-7,10H2,1-4H3,(H,20,22)/t11-,12+,14+/m0/s1. The molecular weight excluding hydrogens is 368 g/mol. The number of carbonyl (C=O) groups is 2. The van der Waals surface area contributed by atoms with Gasteiger partial charge in [-0.1, -0.05) is 26.7 Å². The molecule has 1 saturated carbocycles. The Balaban J connectivity index is 2.06. The van der Waals surface area contributed by atoms with Gasteiger partial charge in [-0.15, -0.1) is 0 Å². The van der Waals surface area contributed by atoms with Gasteiger partial charge in [-0.3, -0.25) is 14.9 Å². The number of nitro groups is 1. The Kier molecular flexibility index (Phi) is 7.19. The molecule has 154 valence electrons. The van der Waals surface area contributed by atoms with E-state index in [0.29, 0.717) is 11.8 Å². The molecule has 0 bridgehead atoms. The third-order valence-corrected chi connectivity index (χ3v) is 5.31. The van der Waals surface area contributed by atoms with Crippen molar-refractivity contribution in [2.75, 3.05) is 20.8 Å². The highest BCUT2D eigenvalue weighted by Crippen LogP contribution is 2.35. The average molecular weight is 394 g/mol. The first-order valence-electron chi connectivity index (χ1n) is 9.15. The lowest BCUT2D eigenvalue weighted by molar-refractivity contribution is -0.385. The Hall–Kier alpha value is -2.84. The normalized spacial score (nSPS) is 21.5. The molecule has 0 spiro atoms. The maximum atomic E-state index is 12.3. The molecule has 0 heterocycles. The van der Waals surface area contributed by atoms with Gasteiger partial charge in [0.15, 0.2) is 18.1 Å². The second-order valence-corrected chi connectivity index (χ2v) is 7.00. The van der Waals surface area contributed by atoms with Gasteiger partial charge in [-0.05, 0) is 18.3 Å². The van der Waals surface area contributed by atoms with Crippen LogP contribution in [-0.4, -0.2) is 43.7 Å². The first-order chi connectivity index (χ1) is 13.3. The van der Waals surface area contributed by atoms with Crippen molar-refractivity contribution in [3.8, 4) is 11.5 Å². The zero-order valence-corrected chi connectivity index (χ0v) is 16.5. The molecule has 1 aliphatic carbocycles. The van der Waals surface area contributed by atoms with E-state index in [0.717, 1.165) is 25.3 Å². The number of nitrogens with one attached hydrogen (secondary N) is 1. The molecule has 1 aromatic rings. The van der Waals surface area contributed by atoms with Crippen LogP contribution >= 0.6 is 0 Å². The summed E-state index contributed by atoms with van der Waals surface area (Å²) in [6, 6.07) is 2.29. The summed E-state index contributed by atoms with van der Waals surface area (Å²) in [6.45, 7) is 3.73. The molecule has 1 amide bonds. The van der Waals surface area contributed by atoms with E-state index in [4.69, 9.17) is 14.2 Å². The number of esters is 1. The van der Waals surface area contributed by atoms with Gasteiger partial charge >= 0.3 is 5.97 Å². The summed E-state index contributed by atoms with van der Waals surface area (Å²) in [5.41, 5.74) is -0.798. The van der Waals surface area contributed by atoms with E-state index in [9.17, 15) is 19.7 Å².